The molecule has 0 aromatic carbocycles. The molecule has 0 spiro atoms. The molecule has 0 aliphatic heterocycles. The Kier molecular flexibility index (Phi) is 5.33. The molecule has 1 unspecified atom stereocenters. The monoisotopic (exact) mass is 333 g/mol. The van der Waals surface area contributed by atoms with Crippen molar-refractivity contribution in [2.75, 3.05) is 11.4 Å². The average Bonchev–Trinajstić information content (AvgIpc) is 2.69. The number of pyridine rings is 2. The Bertz CT molecular complexity index is 805. The second-order valence-electron chi connectivity index (χ2n) is 5.86. The van der Waals surface area contributed by atoms with Crippen LogP contribution < -0.4 is 4.90 Å². The molecule has 3 rings (SSSR count). The molecule has 3 aromatic heterocycles. The first-order valence-corrected chi connectivity index (χ1v) is 8.68. The summed E-state index contributed by atoms with van der Waals surface area (Å²) in [6.45, 7) is 7.27. The molecule has 0 aliphatic carbocycles. The van der Waals surface area contributed by atoms with Crippen LogP contribution in [0.3, 0.4) is 0 Å². The van der Waals surface area contributed by atoms with E-state index in [0.29, 0.717) is 5.82 Å². The van der Waals surface area contributed by atoms with E-state index in [0.717, 1.165) is 30.2 Å². The third kappa shape index (κ3) is 3.82. The van der Waals surface area contributed by atoms with Crippen molar-refractivity contribution in [3.8, 4) is 11.5 Å². The second kappa shape index (κ2) is 7.83. The summed E-state index contributed by atoms with van der Waals surface area (Å²) >= 11 is 0. The average molecular weight is 333 g/mol. The molecule has 3 heterocycles. The van der Waals surface area contributed by atoms with Crippen LogP contribution in [0, 0.1) is 0 Å². The van der Waals surface area contributed by atoms with Gasteiger partial charge < -0.3 is 4.90 Å². The molecule has 3 aromatic rings. The van der Waals surface area contributed by atoms with Gasteiger partial charge in [-0.1, -0.05) is 19.1 Å². The second-order valence-corrected chi connectivity index (χ2v) is 5.86. The Balaban J connectivity index is 2.02. The van der Waals surface area contributed by atoms with Gasteiger partial charge in [-0.05, 0) is 44.0 Å². The van der Waals surface area contributed by atoms with E-state index < -0.39 is 0 Å². The molecule has 0 radical (unpaired) electrons. The van der Waals surface area contributed by atoms with Crippen LogP contribution in [0.1, 0.15) is 38.1 Å². The predicted octanol–water partition coefficient (Wildman–Crippen LogP) is 4.08. The highest BCUT2D eigenvalue weighted by Gasteiger charge is 2.18. The third-order valence-electron chi connectivity index (χ3n) is 4.29. The van der Waals surface area contributed by atoms with Crippen molar-refractivity contribution in [2.24, 2.45) is 0 Å². The van der Waals surface area contributed by atoms with Gasteiger partial charge in [-0.2, -0.15) is 0 Å². The van der Waals surface area contributed by atoms with Crippen molar-refractivity contribution < 1.29 is 0 Å². The molecule has 0 N–H and O–H groups in total. The van der Waals surface area contributed by atoms with Gasteiger partial charge in [0.2, 0.25) is 0 Å². The highest BCUT2D eigenvalue weighted by Crippen LogP contribution is 2.27. The van der Waals surface area contributed by atoms with Gasteiger partial charge in [0.1, 0.15) is 11.5 Å². The minimum Gasteiger partial charge on any atom is -0.350 e. The lowest BCUT2D eigenvalue weighted by Crippen LogP contribution is -2.28. The van der Waals surface area contributed by atoms with Crippen LogP contribution in [-0.2, 0) is 6.42 Å². The molecule has 0 aliphatic rings. The fourth-order valence-electron chi connectivity index (χ4n) is 2.86. The number of aromatic nitrogens is 4. The zero-order chi connectivity index (χ0) is 17.6. The molecule has 5 heteroatoms. The summed E-state index contributed by atoms with van der Waals surface area (Å²) in [7, 11) is 0. The number of nitrogens with zero attached hydrogens (tertiary/aromatic N) is 5. The molecule has 128 valence electrons. The molecule has 0 bridgehead atoms. The lowest BCUT2D eigenvalue weighted by atomic mass is 10.1. The van der Waals surface area contributed by atoms with E-state index in [1.807, 2.05) is 30.5 Å². The first kappa shape index (κ1) is 17.0. The molecular formula is C20H23N5. The third-order valence-corrected chi connectivity index (χ3v) is 4.29. The molecule has 1 atom stereocenters. The Hall–Kier alpha value is -2.82. The van der Waals surface area contributed by atoms with Gasteiger partial charge in [0.05, 0.1) is 6.04 Å². The highest BCUT2D eigenvalue weighted by molar-refractivity contribution is 5.54. The predicted molar refractivity (Wildman–Crippen MR) is 100 cm³/mol. The van der Waals surface area contributed by atoms with Crippen LogP contribution in [-0.4, -0.2) is 26.5 Å². The summed E-state index contributed by atoms with van der Waals surface area (Å²) in [5.41, 5.74) is 2.98. The summed E-state index contributed by atoms with van der Waals surface area (Å²) in [4.78, 5) is 20.4. The summed E-state index contributed by atoms with van der Waals surface area (Å²) in [6, 6.07) is 12.1. The van der Waals surface area contributed by atoms with E-state index in [-0.39, 0.29) is 6.04 Å². The quantitative estimate of drug-likeness (QED) is 0.680. The lowest BCUT2D eigenvalue weighted by molar-refractivity contribution is 0.675. The van der Waals surface area contributed by atoms with Gasteiger partial charge in [-0.3, -0.25) is 9.97 Å². The van der Waals surface area contributed by atoms with Crippen molar-refractivity contribution in [3.05, 3.63) is 66.2 Å². The largest absolute Gasteiger partial charge is 0.350 e. The van der Waals surface area contributed by atoms with E-state index in [9.17, 15) is 0 Å². The van der Waals surface area contributed by atoms with E-state index >= 15 is 0 Å². The Morgan fingerprint density at radius 2 is 1.92 bits per heavy atom. The van der Waals surface area contributed by atoms with Crippen molar-refractivity contribution in [1.29, 1.82) is 0 Å². The van der Waals surface area contributed by atoms with E-state index in [1.165, 1.54) is 5.56 Å². The number of anilines is 1. The van der Waals surface area contributed by atoms with Crippen molar-refractivity contribution >= 4 is 5.82 Å². The van der Waals surface area contributed by atoms with Crippen LogP contribution in [0.25, 0.3) is 11.5 Å². The lowest BCUT2D eigenvalue weighted by Gasteiger charge is -2.29. The van der Waals surface area contributed by atoms with Gasteiger partial charge in [-0.25, -0.2) is 9.97 Å². The van der Waals surface area contributed by atoms with E-state index in [2.05, 4.69) is 52.8 Å². The number of rotatable bonds is 6. The highest BCUT2D eigenvalue weighted by atomic mass is 15.2. The van der Waals surface area contributed by atoms with Crippen molar-refractivity contribution in [1.82, 2.24) is 19.9 Å². The maximum absolute atomic E-state index is 4.80. The normalized spacial score (nSPS) is 12.0. The van der Waals surface area contributed by atoms with Gasteiger partial charge in [0, 0.05) is 36.9 Å². The molecule has 5 nitrogen and oxygen atoms in total. The fraction of sp³-hybridized carbons (Fsp3) is 0.300. The zero-order valence-corrected chi connectivity index (χ0v) is 14.9. The summed E-state index contributed by atoms with van der Waals surface area (Å²) in [5.74, 6) is 1.60. The first-order chi connectivity index (χ1) is 12.2. The van der Waals surface area contributed by atoms with Gasteiger partial charge >= 0.3 is 0 Å². The number of hydrogen-bond acceptors (Lipinski definition) is 5. The van der Waals surface area contributed by atoms with Crippen LogP contribution in [0.15, 0.2) is 55.0 Å². The topological polar surface area (TPSA) is 54.8 Å². The minimum atomic E-state index is 0.176. The fourth-order valence-corrected chi connectivity index (χ4v) is 2.86. The molecule has 0 saturated carbocycles. The minimum absolute atomic E-state index is 0.176. The number of aryl methyl sites for hydroxylation is 1. The van der Waals surface area contributed by atoms with Crippen LogP contribution >= 0.6 is 0 Å². The molecule has 0 fully saturated rings. The maximum Gasteiger partial charge on any atom is 0.180 e. The molecular weight excluding hydrogens is 310 g/mol. The van der Waals surface area contributed by atoms with Crippen molar-refractivity contribution in [2.45, 2.75) is 33.2 Å². The molecule has 0 saturated heterocycles. The van der Waals surface area contributed by atoms with E-state index in [1.54, 1.807) is 12.4 Å². The van der Waals surface area contributed by atoms with Crippen LogP contribution in [0.4, 0.5) is 5.82 Å². The maximum atomic E-state index is 4.80. The van der Waals surface area contributed by atoms with Crippen LogP contribution in [0.5, 0.6) is 0 Å². The molecule has 25 heavy (non-hydrogen) atoms. The van der Waals surface area contributed by atoms with Crippen LogP contribution in [0.2, 0.25) is 0 Å². The first-order valence-electron chi connectivity index (χ1n) is 8.68. The standard InChI is InChI=1S/C20H23N5/c1-4-17-13-19(24-20(23-17)18-10-6-7-12-22-18)25(5-2)15(3)16-9-8-11-21-14-16/h6-15H,4-5H2,1-3H3. The summed E-state index contributed by atoms with van der Waals surface area (Å²) in [6.07, 6.45) is 6.33. The van der Waals surface area contributed by atoms with Gasteiger partial charge in [-0.15, -0.1) is 0 Å². The SMILES string of the molecule is CCc1cc(N(CC)C(C)c2cccnc2)nc(-c2ccccn2)n1. The molecule has 0 amide bonds. The smallest absolute Gasteiger partial charge is 0.180 e. The Morgan fingerprint density at radius 1 is 1.04 bits per heavy atom. The Labute approximate surface area is 148 Å². The van der Waals surface area contributed by atoms with Crippen molar-refractivity contribution in [3.63, 3.8) is 0 Å². The number of hydrogen-bond donors (Lipinski definition) is 0. The van der Waals surface area contributed by atoms with E-state index in [4.69, 9.17) is 4.98 Å². The van der Waals surface area contributed by atoms with Gasteiger partial charge in [0.15, 0.2) is 5.82 Å². The van der Waals surface area contributed by atoms with Gasteiger partial charge in [0.25, 0.3) is 0 Å². The zero-order valence-electron chi connectivity index (χ0n) is 14.9. The summed E-state index contributed by atoms with van der Waals surface area (Å²) in [5, 5.41) is 0. The summed E-state index contributed by atoms with van der Waals surface area (Å²) < 4.78 is 0. The Morgan fingerprint density at radius 3 is 2.56 bits per heavy atom.